The number of hydrogen-bond donors (Lipinski definition) is 8. The molecule has 5 atom stereocenters. The molecule has 0 aliphatic carbocycles. The van der Waals surface area contributed by atoms with Crippen LogP contribution in [-0.4, -0.2) is 77.9 Å². The molecule has 1 aliphatic heterocycles. The lowest BCUT2D eigenvalue weighted by atomic mass is 10.1. The Morgan fingerprint density at radius 3 is 2.30 bits per heavy atom. The average molecular weight is 825 g/mol. The number of halogens is 4. The molecule has 8 N–H and O–H groups in total. The van der Waals surface area contributed by atoms with Gasteiger partial charge in [0.2, 0.25) is 5.91 Å². The molecule has 0 spiro atoms. The third kappa shape index (κ3) is 12.2. The number of rotatable bonds is 17. The zero-order chi connectivity index (χ0) is 39.9. The Morgan fingerprint density at radius 1 is 1.06 bits per heavy atom. The van der Waals surface area contributed by atoms with Crippen molar-refractivity contribution in [1.29, 1.82) is 0 Å². The molecule has 292 valence electrons. The summed E-state index contributed by atoms with van der Waals surface area (Å²) in [5.74, 6) is -10.6. The number of nitrogens with zero attached hydrogens (tertiary/aromatic N) is 4. The SMILES string of the molecule is [N-]=[N+]=Nc1c(F)c(F)c(C(=O)NCCCC(=O)NC/C=C/c2cn([C@H]3C[C@H](O)[C@@H](COP(=O)(O)OP(=O)(O)OP(=O)(O)O)O3)c(=O)[nH]c2=O)c(F)c1F. The Kier molecular flexibility index (Phi) is 14.6. The van der Waals surface area contributed by atoms with Crippen molar-refractivity contribution in [3.8, 4) is 0 Å². The number of hydrogen-bond acceptors (Lipinski definition) is 13. The van der Waals surface area contributed by atoms with Crippen LogP contribution in [0.1, 0.15) is 41.4 Å². The first-order valence-corrected chi connectivity index (χ1v) is 18.7. The van der Waals surface area contributed by atoms with E-state index in [-0.39, 0.29) is 37.9 Å². The van der Waals surface area contributed by atoms with Gasteiger partial charge in [-0.3, -0.25) is 28.5 Å². The van der Waals surface area contributed by atoms with Crippen LogP contribution in [0.2, 0.25) is 0 Å². The second kappa shape index (κ2) is 17.8. The van der Waals surface area contributed by atoms with Gasteiger partial charge in [-0.15, -0.1) is 0 Å². The molecule has 0 bridgehead atoms. The fraction of sp³-hybridized carbons (Fsp3) is 0.391. The molecule has 0 radical (unpaired) electrons. The second-order valence-corrected chi connectivity index (χ2v) is 14.7. The quantitative estimate of drug-likeness (QED) is 0.0212. The third-order valence-corrected chi connectivity index (χ3v) is 10.3. The number of carbonyl (C=O) groups excluding carboxylic acids is 2. The minimum atomic E-state index is -5.81. The number of H-pyrrole nitrogens is 1. The molecular weight excluding hydrogens is 799 g/mol. The van der Waals surface area contributed by atoms with Gasteiger partial charge in [0.25, 0.3) is 11.5 Å². The number of phosphoric ester groups is 1. The number of azide groups is 1. The number of benzene rings is 1. The van der Waals surface area contributed by atoms with E-state index in [2.05, 4.69) is 23.6 Å². The number of carbonyl (C=O) groups is 2. The minimum Gasteiger partial charge on any atom is -0.390 e. The van der Waals surface area contributed by atoms with Gasteiger partial charge in [-0.2, -0.15) is 8.62 Å². The highest BCUT2D eigenvalue weighted by molar-refractivity contribution is 7.66. The van der Waals surface area contributed by atoms with Crippen molar-refractivity contribution >= 4 is 47.0 Å². The number of aliphatic hydroxyl groups excluding tert-OH is 1. The van der Waals surface area contributed by atoms with Crippen LogP contribution in [0.15, 0.2) is 27.0 Å². The van der Waals surface area contributed by atoms with Gasteiger partial charge in [0.1, 0.15) is 23.6 Å². The molecule has 3 rings (SSSR count). The topological polar surface area (TPSA) is 351 Å². The van der Waals surface area contributed by atoms with Gasteiger partial charge in [0, 0.05) is 37.0 Å². The molecule has 1 fully saturated rings. The van der Waals surface area contributed by atoms with E-state index >= 15 is 0 Å². The van der Waals surface area contributed by atoms with Crippen molar-refractivity contribution in [3.63, 3.8) is 0 Å². The monoisotopic (exact) mass is 825 g/mol. The maximum atomic E-state index is 14.1. The van der Waals surface area contributed by atoms with Crippen molar-refractivity contribution in [2.45, 2.75) is 37.7 Å². The molecule has 1 aliphatic rings. The highest BCUT2D eigenvalue weighted by Gasteiger charge is 2.43. The predicted octanol–water partition coefficient (Wildman–Crippen LogP) is 1.37. The number of aromatic nitrogens is 2. The first kappa shape index (κ1) is 43.3. The van der Waals surface area contributed by atoms with Crippen LogP contribution in [0.25, 0.3) is 16.5 Å². The van der Waals surface area contributed by atoms with Crippen molar-refractivity contribution in [1.82, 2.24) is 20.2 Å². The van der Waals surface area contributed by atoms with Crippen LogP contribution in [0.3, 0.4) is 0 Å². The fourth-order valence-corrected chi connectivity index (χ4v) is 7.31. The van der Waals surface area contributed by atoms with Crippen molar-refractivity contribution in [2.75, 3.05) is 19.7 Å². The Balaban J connectivity index is 1.51. The highest BCUT2D eigenvalue weighted by Crippen LogP contribution is 2.66. The number of aromatic amines is 1. The van der Waals surface area contributed by atoms with E-state index in [9.17, 15) is 65.3 Å². The summed E-state index contributed by atoms with van der Waals surface area (Å²) < 4.78 is 108. The van der Waals surface area contributed by atoms with Crippen LogP contribution >= 0.6 is 23.5 Å². The summed E-state index contributed by atoms with van der Waals surface area (Å²) in [4.78, 5) is 88.9. The number of ether oxygens (including phenoxy) is 1. The van der Waals surface area contributed by atoms with Crippen molar-refractivity contribution in [2.24, 2.45) is 5.11 Å². The van der Waals surface area contributed by atoms with Crippen LogP contribution in [0.4, 0.5) is 23.2 Å². The van der Waals surface area contributed by atoms with Gasteiger partial charge >= 0.3 is 29.2 Å². The van der Waals surface area contributed by atoms with Gasteiger partial charge in [-0.1, -0.05) is 17.3 Å². The summed E-state index contributed by atoms with van der Waals surface area (Å²) >= 11 is 0. The lowest BCUT2D eigenvalue weighted by Gasteiger charge is -2.19. The van der Waals surface area contributed by atoms with E-state index < -0.39 is 106 Å². The van der Waals surface area contributed by atoms with Crippen molar-refractivity contribution < 1.29 is 83.4 Å². The molecular formula is C23H26F4N7O16P3. The first-order valence-electron chi connectivity index (χ1n) is 14.2. The Labute approximate surface area is 291 Å². The highest BCUT2D eigenvalue weighted by atomic mass is 31.3. The van der Waals surface area contributed by atoms with Crippen molar-refractivity contribution in [3.05, 3.63) is 77.9 Å². The Morgan fingerprint density at radius 2 is 1.70 bits per heavy atom. The summed E-state index contributed by atoms with van der Waals surface area (Å²) in [6, 6.07) is 0. The minimum absolute atomic E-state index is 0.119. The second-order valence-electron chi connectivity index (χ2n) is 10.3. The summed E-state index contributed by atoms with van der Waals surface area (Å²) in [7, 11) is -17.0. The fourth-order valence-electron chi connectivity index (χ4n) is 4.28. The maximum Gasteiger partial charge on any atom is 0.490 e. The molecule has 53 heavy (non-hydrogen) atoms. The number of aliphatic hydroxyl groups is 1. The molecule has 1 aromatic heterocycles. The first-order chi connectivity index (χ1) is 24.6. The molecule has 1 aromatic carbocycles. The van der Waals surface area contributed by atoms with Gasteiger partial charge in [0.15, 0.2) is 23.3 Å². The predicted molar refractivity (Wildman–Crippen MR) is 164 cm³/mol. The summed E-state index contributed by atoms with van der Waals surface area (Å²) in [5.41, 5.74) is 2.96. The zero-order valence-corrected chi connectivity index (χ0v) is 28.8. The lowest BCUT2D eigenvalue weighted by Crippen LogP contribution is -2.33. The van der Waals surface area contributed by atoms with E-state index in [1.807, 2.05) is 15.2 Å². The molecule has 30 heteroatoms. The molecule has 2 heterocycles. The molecule has 2 unspecified atom stereocenters. The van der Waals surface area contributed by atoms with Crippen LogP contribution < -0.4 is 21.9 Å². The maximum absolute atomic E-state index is 14.1. The standard InChI is InChI=1S/C23H26F4N7O16P3/c24-16-15(17(25)19(27)20(18(16)26)32-33-28)22(38)30-6-2-4-13(36)29-5-1-3-10-8-34(23(39)31-21(10)37)14-7-11(35)12(48-14)9-47-52(43,44)50-53(45,46)49-51(40,41)42/h1,3,8,11-12,14,35H,2,4-7,9H2,(H,29,36)(H,30,38)(H,43,44)(H,45,46)(H,31,37,39)(H2,40,41,42)/b3-1+/t11-,12+,14+/m0/s1. The molecule has 23 nitrogen and oxygen atoms in total. The lowest BCUT2D eigenvalue weighted by molar-refractivity contribution is -0.120. The summed E-state index contributed by atoms with van der Waals surface area (Å²) in [6.45, 7) is -1.60. The van der Waals surface area contributed by atoms with E-state index in [0.29, 0.717) is 0 Å². The Hall–Kier alpha value is -4.06. The van der Waals surface area contributed by atoms with Crippen LogP contribution in [0.5, 0.6) is 0 Å². The molecule has 2 aromatic rings. The smallest absolute Gasteiger partial charge is 0.390 e. The van der Waals surface area contributed by atoms with Crippen LogP contribution in [-0.2, 0) is 36.4 Å². The molecule has 1 saturated heterocycles. The normalized spacial score (nSPS) is 19.7. The summed E-state index contributed by atoms with van der Waals surface area (Å²) in [5, 5.41) is 17.2. The van der Waals surface area contributed by atoms with E-state index in [4.69, 9.17) is 20.1 Å². The van der Waals surface area contributed by atoms with Gasteiger partial charge in [-0.25, -0.2) is 36.1 Å². The number of amides is 2. The summed E-state index contributed by atoms with van der Waals surface area (Å²) in [6.07, 6.45) is -1.63. The molecule has 0 saturated carbocycles. The number of phosphoric acid groups is 3. The van der Waals surface area contributed by atoms with E-state index in [1.54, 1.807) is 0 Å². The largest absolute Gasteiger partial charge is 0.490 e. The third-order valence-electron chi connectivity index (χ3n) is 6.52. The van der Waals surface area contributed by atoms with Crippen LogP contribution in [0, 0.1) is 23.3 Å². The number of nitrogens with one attached hydrogen (secondary N) is 3. The van der Waals surface area contributed by atoms with Gasteiger partial charge in [-0.05, 0) is 12.0 Å². The van der Waals surface area contributed by atoms with Gasteiger partial charge < -0.3 is 40.1 Å². The Bertz CT molecular complexity index is 2060. The zero-order valence-electron chi connectivity index (χ0n) is 26.1. The van der Waals surface area contributed by atoms with E-state index in [0.717, 1.165) is 10.8 Å². The average Bonchev–Trinajstić information content (AvgIpc) is 3.40. The van der Waals surface area contributed by atoms with E-state index in [1.165, 1.54) is 12.2 Å². The molecule has 2 amide bonds. The van der Waals surface area contributed by atoms with Gasteiger partial charge in [0.05, 0.1) is 18.3 Å².